The number of fused-ring (bicyclic) bond motifs is 2. The first kappa shape index (κ1) is 18.0. The summed E-state index contributed by atoms with van der Waals surface area (Å²) >= 11 is 0. The highest BCUT2D eigenvalue weighted by Gasteiger charge is 2.28. The molecule has 1 unspecified atom stereocenters. The van der Waals surface area contributed by atoms with Crippen molar-refractivity contribution >= 4 is 29.3 Å². The summed E-state index contributed by atoms with van der Waals surface area (Å²) in [6, 6.07) is 9.71. The third-order valence-corrected chi connectivity index (χ3v) is 4.99. The number of carbonyl (C=O) groups excluding carboxylic acids is 2. The van der Waals surface area contributed by atoms with Crippen LogP contribution in [-0.2, 0) is 16.0 Å². The molecule has 6 heteroatoms. The van der Waals surface area contributed by atoms with Crippen molar-refractivity contribution in [2.24, 2.45) is 0 Å². The zero-order valence-electron chi connectivity index (χ0n) is 15.6. The van der Waals surface area contributed by atoms with Gasteiger partial charge in [-0.1, -0.05) is 24.8 Å². The van der Waals surface area contributed by atoms with Crippen LogP contribution in [0, 0.1) is 0 Å². The molecule has 1 atom stereocenters. The van der Waals surface area contributed by atoms with E-state index in [1.807, 2.05) is 30.3 Å². The van der Waals surface area contributed by atoms with Crippen LogP contribution in [0.4, 0.5) is 5.82 Å². The molecule has 2 aliphatic rings. The van der Waals surface area contributed by atoms with Gasteiger partial charge >= 0.3 is 0 Å². The van der Waals surface area contributed by atoms with E-state index >= 15 is 0 Å². The van der Waals surface area contributed by atoms with E-state index in [1.165, 1.54) is 6.08 Å². The second kappa shape index (κ2) is 7.31. The van der Waals surface area contributed by atoms with Crippen LogP contribution in [0.15, 0.2) is 49.2 Å². The first-order valence-corrected chi connectivity index (χ1v) is 9.18. The number of nitrogens with one attached hydrogen (secondary N) is 1. The molecule has 1 aromatic carbocycles. The maximum absolute atomic E-state index is 12.5. The first-order valence-electron chi connectivity index (χ1n) is 9.18. The Kier molecular flexibility index (Phi) is 4.69. The van der Waals surface area contributed by atoms with Crippen LogP contribution in [0.3, 0.4) is 0 Å². The van der Waals surface area contributed by atoms with Crippen molar-refractivity contribution < 1.29 is 14.3 Å². The van der Waals surface area contributed by atoms with Gasteiger partial charge in [0.1, 0.15) is 17.7 Å². The van der Waals surface area contributed by atoms with Crippen LogP contribution in [0.25, 0.3) is 11.6 Å². The van der Waals surface area contributed by atoms with Crippen molar-refractivity contribution in [1.82, 2.24) is 9.88 Å². The minimum atomic E-state index is -0.242. The van der Waals surface area contributed by atoms with E-state index in [-0.39, 0.29) is 17.9 Å². The van der Waals surface area contributed by atoms with Gasteiger partial charge in [0.15, 0.2) is 0 Å². The molecule has 28 heavy (non-hydrogen) atoms. The van der Waals surface area contributed by atoms with E-state index in [1.54, 1.807) is 24.2 Å². The molecule has 2 aromatic rings. The summed E-state index contributed by atoms with van der Waals surface area (Å²) in [5.41, 5.74) is 3.69. The molecule has 0 saturated carbocycles. The molecule has 1 N–H and O–H groups in total. The fourth-order valence-electron chi connectivity index (χ4n) is 3.38. The third kappa shape index (κ3) is 3.53. The minimum absolute atomic E-state index is 0.0158. The lowest BCUT2D eigenvalue weighted by atomic mass is 10.0. The zero-order chi connectivity index (χ0) is 19.7. The first-order chi connectivity index (χ1) is 13.5. The number of rotatable bonds is 4. The summed E-state index contributed by atoms with van der Waals surface area (Å²) < 4.78 is 5.91. The maximum Gasteiger partial charge on any atom is 0.246 e. The summed E-state index contributed by atoms with van der Waals surface area (Å²) in [4.78, 5) is 29.8. The molecule has 2 aliphatic heterocycles. The van der Waals surface area contributed by atoms with Crippen LogP contribution in [-0.4, -0.2) is 41.4 Å². The lowest BCUT2D eigenvalue weighted by Gasteiger charge is -2.20. The van der Waals surface area contributed by atoms with Crippen molar-refractivity contribution in [3.63, 3.8) is 0 Å². The van der Waals surface area contributed by atoms with Crippen molar-refractivity contribution in [2.45, 2.75) is 18.9 Å². The van der Waals surface area contributed by atoms with Crippen LogP contribution < -0.4 is 10.1 Å². The number of aromatic nitrogens is 1. The van der Waals surface area contributed by atoms with E-state index < -0.39 is 0 Å². The Morgan fingerprint density at radius 3 is 3.04 bits per heavy atom. The molecular formula is C22H21N3O3. The van der Waals surface area contributed by atoms with Crippen LogP contribution in [0.5, 0.6) is 5.75 Å². The quantitative estimate of drug-likeness (QED) is 0.834. The Balaban J connectivity index is 1.39. The van der Waals surface area contributed by atoms with E-state index in [0.29, 0.717) is 25.2 Å². The fourth-order valence-corrected chi connectivity index (χ4v) is 3.38. The summed E-state index contributed by atoms with van der Waals surface area (Å²) in [6.45, 7) is 4.53. The average Bonchev–Trinajstić information content (AvgIpc) is 3.01. The van der Waals surface area contributed by atoms with Gasteiger partial charge in [-0.25, -0.2) is 4.98 Å². The lowest BCUT2D eigenvalue weighted by Crippen LogP contribution is -2.34. The molecule has 2 amide bonds. The predicted molar refractivity (Wildman–Crippen MR) is 108 cm³/mol. The number of benzene rings is 1. The Morgan fingerprint density at radius 1 is 1.39 bits per heavy atom. The van der Waals surface area contributed by atoms with Crippen LogP contribution in [0.2, 0.25) is 0 Å². The standard InChI is InChI=1S/C22H21N3O3/c1-14-17-5-3-4-6-18(17)28-19(14)13-25(2)21(27)10-7-15-11-16-8-9-20(26)24-22(16)23-12-15/h3-7,10-12,19H,1,8-9,13H2,2H3,(H,23,24,26). The molecule has 4 rings (SSSR count). The van der Waals surface area contributed by atoms with E-state index in [4.69, 9.17) is 4.74 Å². The number of ether oxygens (including phenoxy) is 1. The topological polar surface area (TPSA) is 71.5 Å². The zero-order valence-corrected chi connectivity index (χ0v) is 15.6. The highest BCUT2D eigenvalue weighted by Crippen LogP contribution is 2.36. The highest BCUT2D eigenvalue weighted by molar-refractivity contribution is 5.94. The Hall–Kier alpha value is -3.41. The van der Waals surface area contributed by atoms with E-state index in [2.05, 4.69) is 16.9 Å². The second-order valence-electron chi connectivity index (χ2n) is 7.00. The Bertz CT molecular complexity index is 996. The summed E-state index contributed by atoms with van der Waals surface area (Å²) in [6.07, 6.45) is 5.78. The number of hydrogen-bond donors (Lipinski definition) is 1. The molecule has 0 saturated heterocycles. The minimum Gasteiger partial charge on any atom is -0.483 e. The summed E-state index contributed by atoms with van der Waals surface area (Å²) in [7, 11) is 1.74. The van der Waals surface area contributed by atoms with Gasteiger partial charge in [-0.15, -0.1) is 0 Å². The third-order valence-electron chi connectivity index (χ3n) is 4.99. The SMILES string of the molecule is C=C1c2ccccc2OC1CN(C)C(=O)C=Cc1cnc2c(c1)CCC(=O)N2. The van der Waals surface area contributed by atoms with Gasteiger partial charge in [0.25, 0.3) is 0 Å². The molecular weight excluding hydrogens is 354 g/mol. The number of carbonyl (C=O) groups is 2. The molecule has 1 aromatic heterocycles. The number of likely N-dealkylation sites (N-methyl/N-ethyl adjacent to an activating group) is 1. The summed E-state index contributed by atoms with van der Waals surface area (Å²) in [5, 5.41) is 2.75. The van der Waals surface area contributed by atoms with Crippen molar-refractivity contribution in [2.75, 3.05) is 18.9 Å². The number of hydrogen-bond acceptors (Lipinski definition) is 4. The van der Waals surface area contributed by atoms with Crippen LogP contribution >= 0.6 is 0 Å². The molecule has 0 spiro atoms. The fraction of sp³-hybridized carbons (Fsp3) is 0.227. The molecule has 142 valence electrons. The normalized spacial score (nSPS) is 17.7. The predicted octanol–water partition coefficient (Wildman–Crippen LogP) is 2.91. The van der Waals surface area contributed by atoms with Gasteiger partial charge in [-0.3, -0.25) is 9.59 Å². The van der Waals surface area contributed by atoms with Gasteiger partial charge < -0.3 is 15.0 Å². The lowest BCUT2D eigenvalue weighted by molar-refractivity contribution is -0.125. The molecule has 3 heterocycles. The highest BCUT2D eigenvalue weighted by atomic mass is 16.5. The molecule has 0 fully saturated rings. The monoisotopic (exact) mass is 375 g/mol. The number of anilines is 1. The molecule has 0 aliphatic carbocycles. The maximum atomic E-state index is 12.5. The van der Waals surface area contributed by atoms with E-state index in [9.17, 15) is 9.59 Å². The number of pyridine rings is 1. The van der Waals surface area contributed by atoms with E-state index in [0.717, 1.165) is 28.0 Å². The van der Waals surface area contributed by atoms with Gasteiger partial charge in [-0.2, -0.15) is 0 Å². The number of amides is 2. The van der Waals surface area contributed by atoms with Gasteiger partial charge in [-0.05, 0) is 41.3 Å². The molecule has 0 radical (unpaired) electrons. The summed E-state index contributed by atoms with van der Waals surface area (Å²) in [5.74, 6) is 1.27. The van der Waals surface area contributed by atoms with Crippen molar-refractivity contribution in [1.29, 1.82) is 0 Å². The van der Waals surface area contributed by atoms with Gasteiger partial charge in [0.05, 0.1) is 6.54 Å². The smallest absolute Gasteiger partial charge is 0.246 e. The van der Waals surface area contributed by atoms with Crippen molar-refractivity contribution in [3.8, 4) is 5.75 Å². The average molecular weight is 375 g/mol. The Labute approximate surface area is 163 Å². The molecule has 6 nitrogen and oxygen atoms in total. The Morgan fingerprint density at radius 2 is 2.21 bits per heavy atom. The van der Waals surface area contributed by atoms with Crippen LogP contribution in [0.1, 0.15) is 23.1 Å². The number of nitrogens with zero attached hydrogens (tertiary/aromatic N) is 2. The number of aryl methyl sites for hydroxylation is 1. The second-order valence-corrected chi connectivity index (χ2v) is 7.00. The van der Waals surface area contributed by atoms with Gasteiger partial charge in [0, 0.05) is 31.3 Å². The number of para-hydroxylation sites is 1. The van der Waals surface area contributed by atoms with Gasteiger partial charge in [0.2, 0.25) is 11.8 Å². The molecule has 0 bridgehead atoms. The van der Waals surface area contributed by atoms with Crippen molar-refractivity contribution in [3.05, 3.63) is 65.9 Å². The largest absolute Gasteiger partial charge is 0.483 e.